The average Bonchev–Trinajstić information content (AvgIpc) is 3.19. The Balaban J connectivity index is 1.67. The lowest BCUT2D eigenvalue weighted by Gasteiger charge is -2.31. The van der Waals surface area contributed by atoms with Gasteiger partial charge in [-0.15, -0.1) is 0 Å². The van der Waals surface area contributed by atoms with E-state index in [-0.39, 0.29) is 0 Å². The van der Waals surface area contributed by atoms with E-state index in [1.54, 1.807) is 0 Å². The predicted octanol–water partition coefficient (Wildman–Crippen LogP) is 5.19. The summed E-state index contributed by atoms with van der Waals surface area (Å²) in [5, 5.41) is 0. The lowest BCUT2D eigenvalue weighted by atomic mass is 9.99. The largest absolute Gasteiger partial charge is 0.430 e. The molecule has 4 aromatic rings. The maximum absolute atomic E-state index is 6.18. The Morgan fingerprint density at radius 3 is 2.14 bits per heavy atom. The van der Waals surface area contributed by atoms with Gasteiger partial charge in [-0.25, -0.2) is 9.97 Å². The third-order valence-corrected chi connectivity index (χ3v) is 5.37. The van der Waals surface area contributed by atoms with E-state index < -0.39 is 0 Å². The summed E-state index contributed by atoms with van der Waals surface area (Å²) in [6.07, 6.45) is 2.32. The van der Waals surface area contributed by atoms with Crippen LogP contribution in [0.2, 0.25) is 0 Å². The van der Waals surface area contributed by atoms with Crippen molar-refractivity contribution in [3.63, 3.8) is 0 Å². The molecule has 0 bridgehead atoms. The van der Waals surface area contributed by atoms with Crippen LogP contribution in [-0.2, 0) is 0 Å². The third kappa shape index (κ3) is 3.13. The maximum Gasteiger partial charge on any atom is 0.229 e. The van der Waals surface area contributed by atoms with Crippen molar-refractivity contribution in [3.05, 3.63) is 60.7 Å². The van der Waals surface area contributed by atoms with Gasteiger partial charge < -0.3 is 9.32 Å². The number of nitrogens with zero attached hydrogens (tertiary/aromatic N) is 4. The second kappa shape index (κ2) is 7.08. The van der Waals surface area contributed by atoms with Gasteiger partial charge in [-0.2, -0.15) is 4.98 Å². The normalized spacial score (nSPS) is 15.2. The van der Waals surface area contributed by atoms with Crippen LogP contribution < -0.4 is 4.90 Å². The molecule has 1 aliphatic heterocycles. The highest BCUT2D eigenvalue weighted by molar-refractivity contribution is 5.85. The first-order valence-corrected chi connectivity index (χ1v) is 9.82. The monoisotopic (exact) mass is 370 g/mol. The summed E-state index contributed by atoms with van der Waals surface area (Å²) in [4.78, 5) is 16.6. The molecule has 5 rings (SSSR count). The van der Waals surface area contributed by atoms with E-state index in [2.05, 4.69) is 11.8 Å². The van der Waals surface area contributed by atoms with Gasteiger partial charge in [0.2, 0.25) is 17.1 Å². The fraction of sp³-hybridized carbons (Fsp3) is 0.261. The minimum Gasteiger partial charge on any atom is -0.430 e. The number of anilines is 1. The third-order valence-electron chi connectivity index (χ3n) is 5.37. The number of hydrogen-bond donors (Lipinski definition) is 0. The predicted molar refractivity (Wildman–Crippen MR) is 111 cm³/mol. The molecule has 0 atom stereocenters. The number of hydrogen-bond acceptors (Lipinski definition) is 5. The van der Waals surface area contributed by atoms with Gasteiger partial charge in [0, 0.05) is 24.2 Å². The molecule has 2 aromatic carbocycles. The summed E-state index contributed by atoms with van der Waals surface area (Å²) in [6.45, 7) is 4.26. The quantitative estimate of drug-likeness (QED) is 0.497. The van der Waals surface area contributed by atoms with Crippen molar-refractivity contribution in [2.75, 3.05) is 18.0 Å². The first kappa shape index (κ1) is 16.9. The molecular formula is C23H22N4O. The summed E-state index contributed by atoms with van der Waals surface area (Å²) < 4.78 is 6.18. The lowest BCUT2D eigenvalue weighted by molar-refractivity contribution is 0.436. The number of aromatic nitrogens is 3. The van der Waals surface area contributed by atoms with Crippen LogP contribution in [0.3, 0.4) is 0 Å². The lowest BCUT2D eigenvalue weighted by Crippen LogP contribution is -2.33. The van der Waals surface area contributed by atoms with Gasteiger partial charge in [0.1, 0.15) is 0 Å². The molecule has 1 saturated heterocycles. The van der Waals surface area contributed by atoms with E-state index in [1.165, 1.54) is 0 Å². The van der Waals surface area contributed by atoms with Crippen LogP contribution in [-0.4, -0.2) is 28.0 Å². The molecule has 0 spiro atoms. The Morgan fingerprint density at radius 2 is 1.46 bits per heavy atom. The minimum absolute atomic E-state index is 0.585. The molecule has 0 radical (unpaired) electrons. The second-order valence-electron chi connectivity index (χ2n) is 7.44. The highest BCUT2D eigenvalue weighted by Crippen LogP contribution is 2.33. The number of oxazole rings is 1. The average molecular weight is 370 g/mol. The number of benzene rings is 2. The molecule has 1 aliphatic rings. The SMILES string of the molecule is CC1CCN(c2nc(-c3ccccc3)nc3nc(-c4ccccc4)oc23)CC1. The smallest absolute Gasteiger partial charge is 0.229 e. The fourth-order valence-corrected chi connectivity index (χ4v) is 3.67. The van der Waals surface area contributed by atoms with E-state index in [4.69, 9.17) is 19.4 Å². The van der Waals surface area contributed by atoms with Crippen molar-refractivity contribution < 1.29 is 4.42 Å². The topological polar surface area (TPSA) is 55.1 Å². The summed E-state index contributed by atoms with van der Waals surface area (Å²) in [6, 6.07) is 20.0. The van der Waals surface area contributed by atoms with Gasteiger partial charge >= 0.3 is 0 Å². The Hall–Kier alpha value is -3.21. The van der Waals surface area contributed by atoms with Crippen molar-refractivity contribution in [3.8, 4) is 22.8 Å². The van der Waals surface area contributed by atoms with Crippen molar-refractivity contribution in [1.29, 1.82) is 0 Å². The standard InChI is InChI=1S/C23H22N4O/c1-16-12-14-27(15-13-16)22-19-21(24-20(25-22)17-8-4-2-5-9-17)26-23(28-19)18-10-6-3-7-11-18/h2-11,16H,12-15H2,1H3. The van der Waals surface area contributed by atoms with Crippen LogP contribution in [0.1, 0.15) is 19.8 Å². The van der Waals surface area contributed by atoms with Gasteiger partial charge in [0.15, 0.2) is 11.6 Å². The van der Waals surface area contributed by atoms with Gasteiger partial charge in [-0.3, -0.25) is 0 Å². The zero-order valence-electron chi connectivity index (χ0n) is 15.9. The van der Waals surface area contributed by atoms with Gasteiger partial charge in [0.25, 0.3) is 0 Å². The molecule has 0 aliphatic carbocycles. The molecular weight excluding hydrogens is 348 g/mol. The van der Waals surface area contributed by atoms with Crippen molar-refractivity contribution in [1.82, 2.24) is 15.0 Å². The van der Waals surface area contributed by atoms with Crippen LogP contribution in [0, 0.1) is 5.92 Å². The second-order valence-corrected chi connectivity index (χ2v) is 7.44. The zero-order valence-corrected chi connectivity index (χ0v) is 15.9. The molecule has 2 aromatic heterocycles. The Labute approximate surface area is 164 Å². The summed E-state index contributed by atoms with van der Waals surface area (Å²) in [5.41, 5.74) is 3.22. The molecule has 1 fully saturated rings. The summed E-state index contributed by atoms with van der Waals surface area (Å²) in [5.74, 6) is 2.87. The molecule has 28 heavy (non-hydrogen) atoms. The summed E-state index contributed by atoms with van der Waals surface area (Å²) in [7, 11) is 0. The number of piperidine rings is 1. The maximum atomic E-state index is 6.18. The zero-order chi connectivity index (χ0) is 18.9. The Bertz CT molecular complexity index is 1080. The fourth-order valence-electron chi connectivity index (χ4n) is 3.67. The van der Waals surface area contributed by atoms with E-state index in [0.717, 1.165) is 48.8 Å². The Kier molecular flexibility index (Phi) is 4.28. The van der Waals surface area contributed by atoms with E-state index >= 15 is 0 Å². The molecule has 5 heteroatoms. The first-order chi connectivity index (χ1) is 13.8. The molecule has 140 valence electrons. The van der Waals surface area contributed by atoms with E-state index in [1.807, 2.05) is 60.7 Å². The van der Waals surface area contributed by atoms with Crippen LogP contribution in [0.5, 0.6) is 0 Å². The number of rotatable bonds is 3. The van der Waals surface area contributed by atoms with E-state index in [0.29, 0.717) is 22.9 Å². The summed E-state index contributed by atoms with van der Waals surface area (Å²) >= 11 is 0. The van der Waals surface area contributed by atoms with E-state index in [9.17, 15) is 0 Å². The van der Waals surface area contributed by atoms with Crippen molar-refractivity contribution in [2.24, 2.45) is 5.92 Å². The highest BCUT2D eigenvalue weighted by atomic mass is 16.4. The molecule has 3 heterocycles. The Morgan fingerprint density at radius 1 is 0.821 bits per heavy atom. The molecule has 0 saturated carbocycles. The first-order valence-electron chi connectivity index (χ1n) is 9.82. The van der Waals surface area contributed by atoms with Gasteiger partial charge in [0.05, 0.1) is 0 Å². The van der Waals surface area contributed by atoms with Crippen LogP contribution in [0.4, 0.5) is 5.82 Å². The van der Waals surface area contributed by atoms with Gasteiger partial charge in [-0.1, -0.05) is 55.5 Å². The van der Waals surface area contributed by atoms with Crippen LogP contribution in [0.15, 0.2) is 65.1 Å². The molecule has 5 nitrogen and oxygen atoms in total. The molecule has 0 unspecified atom stereocenters. The highest BCUT2D eigenvalue weighted by Gasteiger charge is 2.24. The molecule has 0 amide bonds. The minimum atomic E-state index is 0.585. The van der Waals surface area contributed by atoms with Gasteiger partial charge in [-0.05, 0) is 30.9 Å². The van der Waals surface area contributed by atoms with Crippen molar-refractivity contribution in [2.45, 2.75) is 19.8 Å². The van der Waals surface area contributed by atoms with Crippen LogP contribution in [0.25, 0.3) is 34.1 Å². The molecule has 0 N–H and O–H groups in total. The number of fused-ring (bicyclic) bond motifs is 1. The van der Waals surface area contributed by atoms with Crippen LogP contribution >= 0.6 is 0 Å². The van der Waals surface area contributed by atoms with Crippen molar-refractivity contribution >= 4 is 17.0 Å².